The van der Waals surface area contributed by atoms with Crippen LogP contribution in [-0.2, 0) is 0 Å². The molecule has 1 aliphatic rings. The molecular weight excluding hydrogens is 296 g/mol. The van der Waals surface area contributed by atoms with Gasteiger partial charge in [0.05, 0.1) is 18.1 Å². The van der Waals surface area contributed by atoms with Crippen molar-refractivity contribution in [1.29, 1.82) is 0 Å². The predicted molar refractivity (Wildman–Crippen MR) is 82.7 cm³/mol. The molecule has 2 heterocycles. The van der Waals surface area contributed by atoms with Crippen molar-refractivity contribution < 1.29 is 19.2 Å². The summed E-state index contributed by atoms with van der Waals surface area (Å²) >= 11 is 0. The molecule has 6 nitrogen and oxygen atoms in total. The van der Waals surface area contributed by atoms with Gasteiger partial charge in [-0.2, -0.15) is 0 Å². The molecule has 0 amide bonds. The highest BCUT2D eigenvalue weighted by molar-refractivity contribution is 6.06. The first-order chi connectivity index (χ1) is 11.2. The lowest BCUT2D eigenvalue weighted by Gasteiger charge is -2.04. The van der Waals surface area contributed by atoms with Crippen molar-refractivity contribution in [2.24, 2.45) is 0 Å². The van der Waals surface area contributed by atoms with Crippen molar-refractivity contribution in [1.82, 2.24) is 10.1 Å². The second kappa shape index (κ2) is 5.08. The molecule has 2 aromatic heterocycles. The van der Waals surface area contributed by atoms with Crippen LogP contribution in [0.5, 0.6) is 5.75 Å². The van der Waals surface area contributed by atoms with E-state index in [1.54, 1.807) is 25.3 Å². The van der Waals surface area contributed by atoms with E-state index in [0.717, 1.165) is 24.1 Å². The number of hydrogen-bond donors (Lipinski definition) is 1. The molecule has 0 unspecified atom stereocenters. The average Bonchev–Trinajstić information content (AvgIpc) is 3.33. The number of aromatic nitrogens is 2. The summed E-state index contributed by atoms with van der Waals surface area (Å²) in [7, 11) is 1.59. The zero-order chi connectivity index (χ0) is 16.0. The lowest BCUT2D eigenvalue weighted by atomic mass is 10.0. The molecule has 0 aliphatic heterocycles. The lowest BCUT2D eigenvalue weighted by molar-refractivity contribution is 0.0699. The molecule has 1 aromatic carbocycles. The van der Waals surface area contributed by atoms with Gasteiger partial charge in [-0.05, 0) is 43.2 Å². The number of fused-ring (bicyclic) bond motifs is 1. The second-order valence-corrected chi connectivity index (χ2v) is 5.61. The first-order valence-electron chi connectivity index (χ1n) is 7.35. The zero-order valence-corrected chi connectivity index (χ0v) is 12.4. The number of carboxylic acid groups (broad SMARTS) is 1. The molecule has 6 heteroatoms. The van der Waals surface area contributed by atoms with E-state index in [9.17, 15) is 9.90 Å². The molecule has 0 bridgehead atoms. The Morgan fingerprint density at radius 2 is 2.04 bits per heavy atom. The summed E-state index contributed by atoms with van der Waals surface area (Å²) in [5.41, 5.74) is 2.47. The van der Waals surface area contributed by atoms with Crippen molar-refractivity contribution in [3.63, 3.8) is 0 Å². The van der Waals surface area contributed by atoms with Crippen LogP contribution in [0, 0.1) is 0 Å². The van der Waals surface area contributed by atoms with Gasteiger partial charge in [0.1, 0.15) is 11.4 Å². The van der Waals surface area contributed by atoms with Crippen LogP contribution in [0.1, 0.15) is 34.8 Å². The molecule has 1 N–H and O–H groups in total. The summed E-state index contributed by atoms with van der Waals surface area (Å²) in [6.45, 7) is 0. The van der Waals surface area contributed by atoms with Crippen LogP contribution in [-0.4, -0.2) is 28.3 Å². The van der Waals surface area contributed by atoms with Gasteiger partial charge in [0, 0.05) is 17.2 Å². The smallest absolute Gasteiger partial charge is 0.336 e. The van der Waals surface area contributed by atoms with Gasteiger partial charge in [-0.15, -0.1) is 0 Å². The summed E-state index contributed by atoms with van der Waals surface area (Å²) in [4.78, 5) is 16.1. The van der Waals surface area contributed by atoms with E-state index in [1.807, 2.05) is 12.1 Å². The fraction of sp³-hybridized carbons (Fsp3) is 0.235. The number of ether oxygens (including phenoxy) is 1. The predicted octanol–water partition coefficient (Wildman–Crippen LogP) is 3.47. The van der Waals surface area contributed by atoms with Crippen LogP contribution in [0.2, 0.25) is 0 Å². The van der Waals surface area contributed by atoms with Gasteiger partial charge in [-0.25, -0.2) is 9.78 Å². The van der Waals surface area contributed by atoms with Gasteiger partial charge >= 0.3 is 5.97 Å². The molecule has 0 saturated heterocycles. The van der Waals surface area contributed by atoms with E-state index in [0.29, 0.717) is 22.7 Å². The molecule has 0 spiro atoms. The van der Waals surface area contributed by atoms with Crippen molar-refractivity contribution in [2.75, 3.05) is 7.11 Å². The van der Waals surface area contributed by atoms with Crippen molar-refractivity contribution >= 4 is 17.1 Å². The minimum Gasteiger partial charge on any atom is -0.497 e. The Labute approximate surface area is 131 Å². The Morgan fingerprint density at radius 3 is 2.65 bits per heavy atom. The van der Waals surface area contributed by atoms with Crippen LogP contribution < -0.4 is 4.74 Å². The summed E-state index contributed by atoms with van der Waals surface area (Å²) < 4.78 is 10.4. The molecule has 116 valence electrons. The lowest BCUT2D eigenvalue weighted by Crippen LogP contribution is -2.01. The fourth-order valence-electron chi connectivity index (χ4n) is 2.67. The molecular formula is C17H14N2O4. The summed E-state index contributed by atoms with van der Waals surface area (Å²) in [6.07, 6.45) is 2.08. The number of rotatable bonds is 4. The third kappa shape index (κ3) is 2.32. The summed E-state index contributed by atoms with van der Waals surface area (Å²) in [5, 5.41) is 14.0. The van der Waals surface area contributed by atoms with Crippen LogP contribution in [0.25, 0.3) is 22.4 Å². The molecule has 1 saturated carbocycles. The van der Waals surface area contributed by atoms with E-state index in [-0.39, 0.29) is 11.3 Å². The van der Waals surface area contributed by atoms with Gasteiger partial charge in [-0.3, -0.25) is 0 Å². The first kappa shape index (κ1) is 13.8. The minimum atomic E-state index is -1.00. The maximum absolute atomic E-state index is 11.7. The fourth-order valence-corrected chi connectivity index (χ4v) is 2.67. The van der Waals surface area contributed by atoms with Gasteiger partial charge < -0.3 is 14.4 Å². The Bertz CT molecular complexity index is 895. The van der Waals surface area contributed by atoms with Gasteiger partial charge in [0.2, 0.25) is 0 Å². The quantitative estimate of drug-likeness (QED) is 0.794. The highest BCUT2D eigenvalue weighted by Gasteiger charge is 2.29. The molecule has 23 heavy (non-hydrogen) atoms. The number of pyridine rings is 1. The van der Waals surface area contributed by atoms with E-state index in [1.165, 1.54) is 0 Å². The average molecular weight is 310 g/mol. The maximum atomic E-state index is 11.7. The second-order valence-electron chi connectivity index (χ2n) is 5.61. The summed E-state index contributed by atoms with van der Waals surface area (Å²) in [5.74, 6) is 0.0541. The third-order valence-electron chi connectivity index (χ3n) is 4.06. The molecule has 0 radical (unpaired) electrons. The Balaban J connectivity index is 1.91. The standard InChI is InChI=1S/C17H14N2O4/c1-22-11-6-4-10(5-7-11)15-14-12(17(20)21)8-13(9-2-3-9)18-16(14)23-19-15/h4-9H,2-3H2,1H3,(H,20,21). The minimum absolute atomic E-state index is 0.184. The van der Waals surface area contributed by atoms with Crippen molar-refractivity contribution in [2.45, 2.75) is 18.8 Å². The number of carboxylic acids is 1. The molecule has 3 aromatic rings. The van der Waals surface area contributed by atoms with Crippen molar-refractivity contribution in [3.8, 4) is 17.0 Å². The highest BCUT2D eigenvalue weighted by atomic mass is 16.5. The number of nitrogens with zero attached hydrogens (tertiary/aromatic N) is 2. The number of benzene rings is 1. The normalized spacial score (nSPS) is 14.1. The topological polar surface area (TPSA) is 85.5 Å². The number of carbonyl (C=O) groups is 1. The SMILES string of the molecule is COc1ccc(-c2noc3nc(C4CC4)cc(C(=O)O)c23)cc1. The Kier molecular flexibility index (Phi) is 3.04. The van der Waals surface area contributed by atoms with Crippen LogP contribution in [0.15, 0.2) is 34.9 Å². The monoisotopic (exact) mass is 310 g/mol. The van der Waals surface area contributed by atoms with Gasteiger partial charge in [0.15, 0.2) is 0 Å². The highest BCUT2D eigenvalue weighted by Crippen LogP contribution is 2.41. The van der Waals surface area contributed by atoms with Crippen LogP contribution in [0.3, 0.4) is 0 Å². The van der Waals surface area contributed by atoms with E-state index in [4.69, 9.17) is 9.26 Å². The molecule has 1 aliphatic carbocycles. The Morgan fingerprint density at radius 1 is 1.30 bits per heavy atom. The Hall–Kier alpha value is -2.89. The molecule has 0 atom stereocenters. The van der Waals surface area contributed by atoms with Crippen molar-refractivity contribution in [3.05, 3.63) is 41.6 Å². The van der Waals surface area contributed by atoms with Crippen LogP contribution in [0.4, 0.5) is 0 Å². The van der Waals surface area contributed by atoms with Gasteiger partial charge in [0.25, 0.3) is 5.71 Å². The van der Waals surface area contributed by atoms with E-state index < -0.39 is 5.97 Å². The largest absolute Gasteiger partial charge is 0.497 e. The zero-order valence-electron chi connectivity index (χ0n) is 12.4. The number of hydrogen-bond acceptors (Lipinski definition) is 5. The van der Waals surface area contributed by atoms with E-state index in [2.05, 4.69) is 10.1 Å². The van der Waals surface area contributed by atoms with Crippen LogP contribution >= 0.6 is 0 Å². The molecule has 4 rings (SSSR count). The van der Waals surface area contributed by atoms with Gasteiger partial charge in [-0.1, -0.05) is 5.16 Å². The third-order valence-corrected chi connectivity index (χ3v) is 4.06. The number of aromatic carboxylic acids is 1. The summed E-state index contributed by atoms with van der Waals surface area (Å²) in [6, 6.07) is 8.87. The molecule has 1 fully saturated rings. The van der Waals surface area contributed by atoms with E-state index >= 15 is 0 Å². The first-order valence-corrected chi connectivity index (χ1v) is 7.35. The number of methoxy groups -OCH3 is 1. The maximum Gasteiger partial charge on any atom is 0.336 e.